The van der Waals surface area contributed by atoms with Crippen molar-refractivity contribution in [3.63, 3.8) is 0 Å². The molecule has 2 N–H and O–H groups in total. The Morgan fingerprint density at radius 3 is 2.53 bits per heavy atom. The van der Waals surface area contributed by atoms with E-state index in [1.54, 1.807) is 12.1 Å². The summed E-state index contributed by atoms with van der Waals surface area (Å²) in [5, 5.41) is 17.9. The van der Waals surface area contributed by atoms with Crippen LogP contribution in [0, 0.1) is 0 Å². The number of phenols is 1. The SMILES string of the molecule is CCCCCN1C(=O)c2[nH]nc(-c3ccccc3O)c2C1c1cccc(Oc2ccccc2)c1. The molecule has 1 aliphatic heterocycles. The topological polar surface area (TPSA) is 78.5 Å². The fourth-order valence-corrected chi connectivity index (χ4v) is 4.56. The van der Waals surface area contributed by atoms with Crippen LogP contribution in [0.1, 0.15) is 53.8 Å². The quantitative estimate of drug-likeness (QED) is 0.307. The highest BCUT2D eigenvalue weighted by Crippen LogP contribution is 2.45. The molecule has 5 rings (SSSR count). The predicted octanol–water partition coefficient (Wildman–Crippen LogP) is 6.31. The van der Waals surface area contributed by atoms with Crippen molar-refractivity contribution in [3.05, 3.63) is 95.7 Å². The molecule has 1 unspecified atom stereocenters. The van der Waals surface area contributed by atoms with Crippen LogP contribution in [-0.2, 0) is 0 Å². The number of H-pyrrole nitrogens is 1. The number of phenolic OH excluding ortho intramolecular Hbond substituents is 1. The third-order valence-electron chi connectivity index (χ3n) is 6.18. The van der Waals surface area contributed by atoms with Crippen LogP contribution in [-0.4, -0.2) is 32.7 Å². The first-order valence-electron chi connectivity index (χ1n) is 11.7. The minimum absolute atomic E-state index is 0.0698. The summed E-state index contributed by atoms with van der Waals surface area (Å²) < 4.78 is 6.08. The zero-order valence-corrected chi connectivity index (χ0v) is 19.1. The first-order chi connectivity index (χ1) is 16.7. The number of aromatic nitrogens is 2. The zero-order valence-electron chi connectivity index (χ0n) is 19.1. The average Bonchev–Trinajstić information content (AvgIpc) is 3.39. The maximum absolute atomic E-state index is 13.4. The number of rotatable bonds is 8. The highest BCUT2D eigenvalue weighted by molar-refractivity contribution is 6.00. The zero-order chi connectivity index (χ0) is 23.5. The molecule has 1 amide bonds. The van der Waals surface area contributed by atoms with Crippen LogP contribution in [0.2, 0.25) is 0 Å². The van der Waals surface area contributed by atoms with Crippen LogP contribution in [0.3, 0.4) is 0 Å². The van der Waals surface area contributed by atoms with E-state index in [4.69, 9.17) is 4.74 Å². The van der Waals surface area contributed by atoms with E-state index < -0.39 is 0 Å². The van der Waals surface area contributed by atoms with E-state index in [0.717, 1.165) is 36.1 Å². The van der Waals surface area contributed by atoms with Gasteiger partial charge in [-0.15, -0.1) is 0 Å². The second-order valence-corrected chi connectivity index (χ2v) is 8.47. The number of benzene rings is 3. The summed E-state index contributed by atoms with van der Waals surface area (Å²) in [6, 6.07) is 24.2. The molecule has 1 aromatic heterocycles. The van der Waals surface area contributed by atoms with Gasteiger partial charge in [0.25, 0.3) is 5.91 Å². The molecule has 3 aromatic carbocycles. The Morgan fingerprint density at radius 2 is 1.74 bits per heavy atom. The van der Waals surface area contributed by atoms with E-state index in [9.17, 15) is 9.90 Å². The van der Waals surface area contributed by atoms with Gasteiger partial charge in [-0.2, -0.15) is 5.10 Å². The molecule has 1 aliphatic rings. The lowest BCUT2D eigenvalue weighted by molar-refractivity contribution is 0.0740. The van der Waals surface area contributed by atoms with Crippen molar-refractivity contribution in [2.24, 2.45) is 0 Å². The summed E-state index contributed by atoms with van der Waals surface area (Å²) in [4.78, 5) is 15.3. The third kappa shape index (κ3) is 4.03. The third-order valence-corrected chi connectivity index (χ3v) is 6.18. The number of hydrogen-bond acceptors (Lipinski definition) is 4. The standard InChI is InChI=1S/C28H27N3O3/c1-2-3-9-17-31-27(19-11-10-14-21(18-19)34-20-12-5-4-6-13-20)24-25(29-30-26(24)28(31)33)22-15-7-8-16-23(22)32/h4-8,10-16,18,27,32H,2-3,9,17H2,1H3,(H,29,30). The van der Waals surface area contributed by atoms with Gasteiger partial charge in [-0.3, -0.25) is 9.89 Å². The fourth-order valence-electron chi connectivity index (χ4n) is 4.56. The van der Waals surface area contributed by atoms with Crippen LogP contribution < -0.4 is 4.74 Å². The second kappa shape index (κ2) is 9.43. The number of carbonyl (C=O) groups is 1. The van der Waals surface area contributed by atoms with Crippen LogP contribution in [0.5, 0.6) is 17.2 Å². The molecule has 0 bridgehead atoms. The van der Waals surface area contributed by atoms with Gasteiger partial charge in [0, 0.05) is 17.7 Å². The fraction of sp³-hybridized carbons (Fsp3) is 0.214. The molecule has 0 radical (unpaired) electrons. The second-order valence-electron chi connectivity index (χ2n) is 8.47. The number of nitrogens with one attached hydrogen (secondary N) is 1. The Kier molecular flexibility index (Phi) is 6.04. The van der Waals surface area contributed by atoms with E-state index in [0.29, 0.717) is 29.2 Å². The molecule has 0 saturated carbocycles. The lowest BCUT2D eigenvalue weighted by Crippen LogP contribution is -2.30. The lowest BCUT2D eigenvalue weighted by Gasteiger charge is -2.26. The molecule has 0 spiro atoms. The van der Waals surface area contributed by atoms with Gasteiger partial charge < -0.3 is 14.7 Å². The summed E-state index contributed by atoms with van der Waals surface area (Å²) in [6.45, 7) is 2.79. The number of unbranched alkanes of at least 4 members (excludes halogenated alkanes) is 2. The van der Waals surface area contributed by atoms with E-state index >= 15 is 0 Å². The maximum Gasteiger partial charge on any atom is 0.273 e. The first kappa shape index (κ1) is 21.8. The molecule has 6 nitrogen and oxygen atoms in total. The van der Waals surface area contributed by atoms with Crippen molar-refractivity contribution in [1.82, 2.24) is 15.1 Å². The molecule has 0 fully saturated rings. The Balaban J connectivity index is 1.58. The number of para-hydroxylation sites is 2. The van der Waals surface area contributed by atoms with Crippen LogP contribution in [0.25, 0.3) is 11.3 Å². The Labute approximate surface area is 198 Å². The number of amides is 1. The predicted molar refractivity (Wildman–Crippen MR) is 131 cm³/mol. The average molecular weight is 454 g/mol. The molecule has 0 aliphatic carbocycles. The molecule has 6 heteroatoms. The van der Waals surface area contributed by atoms with Gasteiger partial charge in [-0.05, 0) is 48.4 Å². The largest absolute Gasteiger partial charge is 0.507 e. The summed E-state index contributed by atoms with van der Waals surface area (Å²) in [5.74, 6) is 1.51. The van der Waals surface area contributed by atoms with E-state index in [1.165, 1.54) is 0 Å². The van der Waals surface area contributed by atoms with Gasteiger partial charge in [0.15, 0.2) is 0 Å². The molecule has 1 atom stereocenters. The lowest BCUT2D eigenvalue weighted by atomic mass is 9.95. The number of hydrogen-bond donors (Lipinski definition) is 2. The van der Waals surface area contributed by atoms with E-state index in [2.05, 4.69) is 17.1 Å². The molecular weight excluding hydrogens is 426 g/mol. The van der Waals surface area contributed by atoms with Crippen molar-refractivity contribution in [1.29, 1.82) is 0 Å². The molecule has 4 aromatic rings. The molecule has 34 heavy (non-hydrogen) atoms. The number of ether oxygens (including phenoxy) is 1. The Bertz CT molecular complexity index is 1300. The van der Waals surface area contributed by atoms with Gasteiger partial charge in [0.05, 0.1) is 6.04 Å². The Hall–Kier alpha value is -4.06. The molecule has 172 valence electrons. The number of aromatic amines is 1. The van der Waals surface area contributed by atoms with Crippen molar-refractivity contribution in [3.8, 4) is 28.5 Å². The maximum atomic E-state index is 13.4. The normalized spacial score (nSPS) is 14.9. The molecule has 0 saturated heterocycles. The minimum atomic E-state index is -0.327. The highest BCUT2D eigenvalue weighted by Gasteiger charge is 2.42. The van der Waals surface area contributed by atoms with Crippen molar-refractivity contribution in [2.45, 2.75) is 32.2 Å². The Morgan fingerprint density at radius 1 is 0.971 bits per heavy atom. The minimum Gasteiger partial charge on any atom is -0.507 e. The van der Waals surface area contributed by atoms with Gasteiger partial charge in [0.1, 0.15) is 28.6 Å². The van der Waals surface area contributed by atoms with Gasteiger partial charge in [-0.25, -0.2) is 0 Å². The monoisotopic (exact) mass is 453 g/mol. The first-order valence-corrected chi connectivity index (χ1v) is 11.7. The highest BCUT2D eigenvalue weighted by atomic mass is 16.5. The van der Waals surface area contributed by atoms with Crippen molar-refractivity contribution < 1.29 is 14.6 Å². The van der Waals surface area contributed by atoms with Crippen molar-refractivity contribution >= 4 is 5.91 Å². The number of aromatic hydroxyl groups is 1. The van der Waals surface area contributed by atoms with Crippen LogP contribution in [0.4, 0.5) is 0 Å². The number of nitrogens with zero attached hydrogens (tertiary/aromatic N) is 2. The summed E-state index contributed by atoms with van der Waals surface area (Å²) in [7, 11) is 0. The van der Waals surface area contributed by atoms with Crippen molar-refractivity contribution in [2.75, 3.05) is 6.54 Å². The van der Waals surface area contributed by atoms with Gasteiger partial charge >= 0.3 is 0 Å². The van der Waals surface area contributed by atoms with Gasteiger partial charge in [0.2, 0.25) is 0 Å². The summed E-state index contributed by atoms with van der Waals surface area (Å²) in [5.41, 5.74) is 3.41. The summed E-state index contributed by atoms with van der Waals surface area (Å²) in [6.07, 6.45) is 3.04. The van der Waals surface area contributed by atoms with Gasteiger partial charge in [-0.1, -0.05) is 62.2 Å². The van der Waals surface area contributed by atoms with E-state index in [1.807, 2.05) is 71.6 Å². The number of carbonyl (C=O) groups excluding carboxylic acids is 1. The smallest absolute Gasteiger partial charge is 0.273 e. The summed E-state index contributed by atoms with van der Waals surface area (Å²) >= 11 is 0. The molecule has 2 heterocycles. The molecular formula is C28H27N3O3. The van der Waals surface area contributed by atoms with Crippen LogP contribution in [0.15, 0.2) is 78.9 Å². The van der Waals surface area contributed by atoms with E-state index in [-0.39, 0.29) is 17.7 Å². The van der Waals surface area contributed by atoms with Crippen LogP contribution >= 0.6 is 0 Å². The number of fused-ring (bicyclic) bond motifs is 1.